The fraction of sp³-hybridized carbons (Fsp3) is 0.538. The third-order valence-electron chi connectivity index (χ3n) is 2.68. The van der Waals surface area contributed by atoms with Crippen molar-refractivity contribution >= 4 is 0 Å². The third kappa shape index (κ3) is 3.92. The van der Waals surface area contributed by atoms with Crippen LogP contribution in [0.25, 0.3) is 0 Å². The fourth-order valence-corrected chi connectivity index (χ4v) is 1.28. The maximum absolute atomic E-state index is 5.72. The average molecular weight is 207 g/mol. The average Bonchev–Trinajstić information content (AvgIpc) is 2.20. The molecule has 1 aromatic rings. The minimum atomic E-state index is 0.575. The van der Waals surface area contributed by atoms with Crippen molar-refractivity contribution in [1.82, 2.24) is 4.90 Å². The van der Waals surface area contributed by atoms with Gasteiger partial charge in [-0.2, -0.15) is 0 Å². The Hall–Kier alpha value is -1.02. The van der Waals surface area contributed by atoms with Gasteiger partial charge in [-0.05, 0) is 39.4 Å². The van der Waals surface area contributed by atoms with Crippen LogP contribution in [0.5, 0.6) is 5.75 Å². The van der Waals surface area contributed by atoms with Crippen molar-refractivity contribution in [3.63, 3.8) is 0 Å². The number of aryl methyl sites for hydroxylation is 1. The van der Waals surface area contributed by atoms with Crippen LogP contribution in [0.3, 0.4) is 0 Å². The first-order valence-corrected chi connectivity index (χ1v) is 5.50. The summed E-state index contributed by atoms with van der Waals surface area (Å²) in [6.45, 7) is 8.16. The molecular weight excluding hydrogens is 186 g/mol. The number of nitrogens with zero attached hydrogens (tertiary/aromatic N) is 1. The number of rotatable bonds is 5. The first-order chi connectivity index (χ1) is 7.11. The summed E-state index contributed by atoms with van der Waals surface area (Å²) in [5.74, 6) is 0.995. The van der Waals surface area contributed by atoms with Gasteiger partial charge < -0.3 is 9.64 Å². The van der Waals surface area contributed by atoms with E-state index in [-0.39, 0.29) is 0 Å². The Balaban J connectivity index is 2.35. The molecule has 0 radical (unpaired) electrons. The highest BCUT2D eigenvalue weighted by Crippen LogP contribution is 2.15. The zero-order valence-electron chi connectivity index (χ0n) is 10.2. The number of hydrogen-bond donors (Lipinski definition) is 0. The minimum Gasteiger partial charge on any atom is -0.492 e. The van der Waals surface area contributed by atoms with Crippen LogP contribution in [0.4, 0.5) is 0 Å². The summed E-state index contributed by atoms with van der Waals surface area (Å²) >= 11 is 0. The largest absolute Gasteiger partial charge is 0.492 e. The van der Waals surface area contributed by atoms with Crippen LogP contribution in [0, 0.1) is 6.92 Å². The molecule has 0 spiro atoms. The third-order valence-corrected chi connectivity index (χ3v) is 2.68. The summed E-state index contributed by atoms with van der Waals surface area (Å²) in [6.07, 6.45) is 0. The van der Waals surface area contributed by atoms with E-state index in [0.717, 1.165) is 18.9 Å². The molecule has 0 saturated carbocycles. The number of likely N-dealkylation sites (N-methyl/N-ethyl adjacent to an activating group) is 1. The lowest BCUT2D eigenvalue weighted by Gasteiger charge is -2.21. The molecular formula is C13H21NO. The highest BCUT2D eigenvalue weighted by molar-refractivity contribution is 5.31. The first-order valence-electron chi connectivity index (χ1n) is 5.50. The second-order valence-corrected chi connectivity index (χ2v) is 4.19. The standard InChI is InChI=1S/C13H21NO/c1-11(2)14(4)9-10-15-13-8-6-5-7-12(13)3/h5-8,11H,9-10H2,1-4H3. The monoisotopic (exact) mass is 207 g/mol. The second-order valence-electron chi connectivity index (χ2n) is 4.19. The van der Waals surface area contributed by atoms with Gasteiger partial charge in [0.05, 0.1) is 0 Å². The molecule has 0 heterocycles. The molecule has 0 unspecified atom stereocenters. The molecule has 2 heteroatoms. The molecule has 0 N–H and O–H groups in total. The molecule has 0 amide bonds. The SMILES string of the molecule is Cc1ccccc1OCCN(C)C(C)C. The summed E-state index contributed by atoms with van der Waals surface area (Å²) < 4.78 is 5.72. The lowest BCUT2D eigenvalue weighted by Crippen LogP contribution is -2.30. The van der Waals surface area contributed by atoms with Crippen molar-refractivity contribution in [2.75, 3.05) is 20.2 Å². The van der Waals surface area contributed by atoms with Crippen LogP contribution in [-0.4, -0.2) is 31.1 Å². The fourth-order valence-electron chi connectivity index (χ4n) is 1.28. The lowest BCUT2D eigenvalue weighted by atomic mass is 10.2. The van der Waals surface area contributed by atoms with E-state index in [1.165, 1.54) is 5.56 Å². The molecule has 2 nitrogen and oxygen atoms in total. The van der Waals surface area contributed by atoms with Crippen molar-refractivity contribution < 1.29 is 4.74 Å². The molecule has 1 aromatic carbocycles. The molecule has 0 aliphatic carbocycles. The van der Waals surface area contributed by atoms with Crippen LogP contribution in [-0.2, 0) is 0 Å². The maximum Gasteiger partial charge on any atom is 0.122 e. The molecule has 15 heavy (non-hydrogen) atoms. The zero-order chi connectivity index (χ0) is 11.3. The van der Waals surface area contributed by atoms with E-state index in [4.69, 9.17) is 4.74 Å². The van der Waals surface area contributed by atoms with E-state index in [1.54, 1.807) is 0 Å². The molecule has 0 aromatic heterocycles. The van der Waals surface area contributed by atoms with Gasteiger partial charge in [0.15, 0.2) is 0 Å². The van der Waals surface area contributed by atoms with E-state index >= 15 is 0 Å². The van der Waals surface area contributed by atoms with Crippen molar-refractivity contribution in [2.24, 2.45) is 0 Å². The van der Waals surface area contributed by atoms with Gasteiger partial charge in [-0.1, -0.05) is 18.2 Å². The van der Waals surface area contributed by atoms with E-state index in [9.17, 15) is 0 Å². The summed E-state index contributed by atoms with van der Waals surface area (Å²) in [5.41, 5.74) is 1.20. The van der Waals surface area contributed by atoms with E-state index in [2.05, 4.69) is 38.8 Å². The Morgan fingerprint density at radius 3 is 2.53 bits per heavy atom. The molecule has 0 bridgehead atoms. The smallest absolute Gasteiger partial charge is 0.122 e. The van der Waals surface area contributed by atoms with Gasteiger partial charge >= 0.3 is 0 Å². The summed E-state index contributed by atoms with van der Waals surface area (Å²) in [4.78, 5) is 2.28. The predicted octanol–water partition coefficient (Wildman–Crippen LogP) is 2.71. The molecule has 0 fully saturated rings. The van der Waals surface area contributed by atoms with Crippen LogP contribution in [0.1, 0.15) is 19.4 Å². The maximum atomic E-state index is 5.72. The number of ether oxygens (including phenoxy) is 1. The Morgan fingerprint density at radius 1 is 1.27 bits per heavy atom. The van der Waals surface area contributed by atoms with Crippen LogP contribution in [0.2, 0.25) is 0 Å². The number of para-hydroxylation sites is 1. The van der Waals surface area contributed by atoms with Gasteiger partial charge in [0.2, 0.25) is 0 Å². The Kier molecular flexibility index (Phi) is 4.63. The Bertz CT molecular complexity index is 296. The van der Waals surface area contributed by atoms with Gasteiger partial charge in [-0.15, -0.1) is 0 Å². The predicted molar refractivity (Wildman–Crippen MR) is 64.4 cm³/mol. The van der Waals surface area contributed by atoms with Crippen LogP contribution in [0.15, 0.2) is 24.3 Å². The van der Waals surface area contributed by atoms with Crippen LogP contribution >= 0.6 is 0 Å². The van der Waals surface area contributed by atoms with Crippen molar-refractivity contribution in [3.05, 3.63) is 29.8 Å². The molecule has 1 rings (SSSR count). The topological polar surface area (TPSA) is 12.5 Å². The molecule has 0 saturated heterocycles. The van der Waals surface area contributed by atoms with Gasteiger partial charge in [0.1, 0.15) is 12.4 Å². The van der Waals surface area contributed by atoms with Gasteiger partial charge in [0, 0.05) is 12.6 Å². The summed E-state index contributed by atoms with van der Waals surface area (Å²) in [5, 5.41) is 0. The molecule has 0 atom stereocenters. The first kappa shape index (κ1) is 12.1. The summed E-state index contributed by atoms with van der Waals surface area (Å²) in [6, 6.07) is 8.70. The van der Waals surface area contributed by atoms with Gasteiger partial charge in [-0.25, -0.2) is 0 Å². The van der Waals surface area contributed by atoms with Gasteiger partial charge in [-0.3, -0.25) is 0 Å². The van der Waals surface area contributed by atoms with E-state index in [0.29, 0.717) is 6.04 Å². The Morgan fingerprint density at radius 2 is 1.93 bits per heavy atom. The van der Waals surface area contributed by atoms with E-state index in [1.807, 2.05) is 18.2 Å². The lowest BCUT2D eigenvalue weighted by molar-refractivity contribution is 0.207. The normalized spacial score (nSPS) is 11.1. The minimum absolute atomic E-state index is 0.575. The van der Waals surface area contributed by atoms with Crippen LogP contribution < -0.4 is 4.74 Å². The highest BCUT2D eigenvalue weighted by Gasteiger charge is 2.03. The molecule has 0 aliphatic heterocycles. The Labute approximate surface area is 92.9 Å². The quantitative estimate of drug-likeness (QED) is 0.736. The van der Waals surface area contributed by atoms with Crippen molar-refractivity contribution in [1.29, 1.82) is 0 Å². The second kappa shape index (κ2) is 5.76. The highest BCUT2D eigenvalue weighted by atomic mass is 16.5. The van der Waals surface area contributed by atoms with E-state index < -0.39 is 0 Å². The molecule has 0 aliphatic rings. The number of benzene rings is 1. The van der Waals surface area contributed by atoms with Crippen molar-refractivity contribution in [2.45, 2.75) is 26.8 Å². The molecule has 84 valence electrons. The number of hydrogen-bond acceptors (Lipinski definition) is 2. The summed E-state index contributed by atoms with van der Waals surface area (Å²) in [7, 11) is 2.12. The zero-order valence-corrected chi connectivity index (χ0v) is 10.2. The van der Waals surface area contributed by atoms with Crippen molar-refractivity contribution in [3.8, 4) is 5.75 Å². The van der Waals surface area contributed by atoms with Gasteiger partial charge in [0.25, 0.3) is 0 Å².